The van der Waals surface area contributed by atoms with Gasteiger partial charge in [0.1, 0.15) is 4.83 Å². The molecule has 0 bridgehead atoms. The third kappa shape index (κ3) is 2.60. The molecule has 23 heavy (non-hydrogen) atoms. The quantitative estimate of drug-likeness (QED) is 0.681. The largest absolute Gasteiger partial charge is 0.294 e. The van der Waals surface area contributed by atoms with Crippen molar-refractivity contribution in [3.05, 3.63) is 62.0 Å². The molecule has 0 aliphatic heterocycles. The van der Waals surface area contributed by atoms with Crippen LogP contribution in [0.5, 0.6) is 0 Å². The van der Waals surface area contributed by atoms with E-state index in [9.17, 15) is 4.79 Å². The van der Waals surface area contributed by atoms with Crippen molar-refractivity contribution in [2.45, 2.75) is 38.6 Å². The van der Waals surface area contributed by atoms with Gasteiger partial charge in [-0.15, -0.1) is 11.3 Å². The topological polar surface area (TPSA) is 34.9 Å². The van der Waals surface area contributed by atoms with Crippen molar-refractivity contribution in [1.82, 2.24) is 9.55 Å². The van der Waals surface area contributed by atoms with Crippen molar-refractivity contribution < 1.29 is 0 Å². The lowest BCUT2D eigenvalue weighted by Gasteiger charge is -2.18. The number of thiophene rings is 1. The normalized spacial score (nSPS) is 17.4. The molecule has 0 spiro atoms. The van der Waals surface area contributed by atoms with E-state index in [1.165, 1.54) is 16.9 Å². The summed E-state index contributed by atoms with van der Waals surface area (Å²) in [4.78, 5) is 19.8. The van der Waals surface area contributed by atoms with Crippen LogP contribution in [0.4, 0.5) is 0 Å². The Balaban J connectivity index is 1.84. The van der Waals surface area contributed by atoms with Crippen LogP contribution in [0.15, 0.2) is 35.4 Å². The Kier molecular flexibility index (Phi) is 3.74. The second kappa shape index (κ2) is 5.77. The van der Waals surface area contributed by atoms with Crippen molar-refractivity contribution in [2.24, 2.45) is 0 Å². The molecule has 1 unspecified atom stereocenters. The van der Waals surface area contributed by atoms with Crippen molar-refractivity contribution in [3.63, 3.8) is 0 Å². The molecule has 2 aromatic heterocycles. The molecule has 3 aromatic rings. The molecule has 1 aliphatic carbocycles. The van der Waals surface area contributed by atoms with Gasteiger partial charge in [-0.2, -0.15) is 0 Å². The van der Waals surface area contributed by atoms with E-state index in [1.807, 2.05) is 24.3 Å². The highest BCUT2D eigenvalue weighted by Crippen LogP contribution is 2.39. The first-order chi connectivity index (χ1) is 11.1. The third-order valence-corrected chi connectivity index (χ3v) is 5.98. The van der Waals surface area contributed by atoms with Gasteiger partial charge in [0.2, 0.25) is 0 Å². The average molecular weight is 345 g/mol. The lowest BCUT2D eigenvalue weighted by Crippen LogP contribution is -2.22. The van der Waals surface area contributed by atoms with Gasteiger partial charge in [-0.3, -0.25) is 9.36 Å². The summed E-state index contributed by atoms with van der Waals surface area (Å²) in [6.45, 7) is 2.72. The summed E-state index contributed by atoms with van der Waals surface area (Å²) in [6.07, 6.45) is 5.10. The van der Waals surface area contributed by atoms with Gasteiger partial charge < -0.3 is 0 Å². The molecule has 3 nitrogen and oxygen atoms in total. The second-order valence-corrected chi connectivity index (χ2v) is 7.74. The molecular weight excluding hydrogens is 328 g/mol. The standard InChI is InChI=1S/C18H17ClN2OS/c1-11-4-2-7-14-15(11)16-17(23-14)20-10-21(18(16)22)9-12-5-3-6-13(19)8-12/h3,5-6,8,10-11H,2,4,7,9H2,1H3. The highest BCUT2D eigenvalue weighted by molar-refractivity contribution is 7.18. The van der Waals surface area contributed by atoms with Crippen LogP contribution >= 0.6 is 22.9 Å². The van der Waals surface area contributed by atoms with E-state index in [0.29, 0.717) is 17.5 Å². The maximum Gasteiger partial charge on any atom is 0.262 e. The Morgan fingerprint density at radius 3 is 3.13 bits per heavy atom. The molecule has 0 saturated carbocycles. The smallest absolute Gasteiger partial charge is 0.262 e. The minimum atomic E-state index is 0.0706. The summed E-state index contributed by atoms with van der Waals surface area (Å²) in [5, 5.41) is 1.52. The van der Waals surface area contributed by atoms with Crippen LogP contribution in [0.3, 0.4) is 0 Å². The first kappa shape index (κ1) is 14.9. The molecule has 0 N–H and O–H groups in total. The van der Waals surface area contributed by atoms with Gasteiger partial charge in [-0.25, -0.2) is 4.98 Å². The SMILES string of the molecule is CC1CCCc2sc3ncn(Cc4cccc(Cl)c4)c(=O)c3c21. The molecule has 0 amide bonds. The fourth-order valence-corrected chi connectivity index (χ4v) is 4.96. The van der Waals surface area contributed by atoms with Crippen molar-refractivity contribution >= 4 is 33.2 Å². The van der Waals surface area contributed by atoms with Crippen LogP contribution in [0.2, 0.25) is 5.02 Å². The Labute approximate surface area is 143 Å². The number of nitrogens with zero attached hydrogens (tertiary/aromatic N) is 2. The lowest BCUT2D eigenvalue weighted by atomic mass is 9.88. The molecule has 0 fully saturated rings. The lowest BCUT2D eigenvalue weighted by molar-refractivity contribution is 0.601. The molecule has 0 radical (unpaired) electrons. The Morgan fingerprint density at radius 2 is 2.30 bits per heavy atom. The summed E-state index contributed by atoms with van der Waals surface area (Å²) in [7, 11) is 0. The number of aromatic nitrogens is 2. The minimum Gasteiger partial charge on any atom is -0.294 e. The molecule has 1 aromatic carbocycles. The highest BCUT2D eigenvalue weighted by atomic mass is 35.5. The summed E-state index contributed by atoms with van der Waals surface area (Å²) < 4.78 is 1.70. The van der Waals surface area contributed by atoms with Gasteiger partial charge in [-0.05, 0) is 48.4 Å². The van der Waals surface area contributed by atoms with Gasteiger partial charge in [0.05, 0.1) is 18.3 Å². The van der Waals surface area contributed by atoms with Gasteiger partial charge in [0.25, 0.3) is 5.56 Å². The number of halogens is 1. The summed E-state index contributed by atoms with van der Waals surface area (Å²) >= 11 is 7.73. The number of rotatable bonds is 2. The molecule has 118 valence electrons. The van der Waals surface area contributed by atoms with Crippen LogP contribution < -0.4 is 5.56 Å². The summed E-state index contributed by atoms with van der Waals surface area (Å²) in [6, 6.07) is 7.62. The molecule has 1 aliphatic rings. The van der Waals surface area contributed by atoms with Crippen LogP contribution in [0, 0.1) is 0 Å². The van der Waals surface area contributed by atoms with Crippen molar-refractivity contribution in [1.29, 1.82) is 0 Å². The fourth-order valence-electron chi connectivity index (χ4n) is 3.46. The van der Waals surface area contributed by atoms with Crippen LogP contribution in [0.25, 0.3) is 10.2 Å². The predicted octanol–water partition coefficient (Wildman–Crippen LogP) is 4.60. The zero-order valence-electron chi connectivity index (χ0n) is 12.9. The molecule has 5 heteroatoms. The molecule has 0 saturated heterocycles. The Morgan fingerprint density at radius 1 is 1.43 bits per heavy atom. The average Bonchev–Trinajstić information content (AvgIpc) is 2.91. The Bertz CT molecular complexity index is 944. The molecule has 4 rings (SSSR count). The number of fused-ring (bicyclic) bond motifs is 3. The zero-order valence-corrected chi connectivity index (χ0v) is 14.5. The van der Waals surface area contributed by atoms with E-state index < -0.39 is 0 Å². The van der Waals surface area contributed by atoms with E-state index in [0.717, 1.165) is 28.6 Å². The van der Waals surface area contributed by atoms with E-state index in [1.54, 1.807) is 22.2 Å². The van der Waals surface area contributed by atoms with Crippen molar-refractivity contribution in [2.75, 3.05) is 0 Å². The van der Waals surface area contributed by atoms with E-state index in [-0.39, 0.29) is 5.56 Å². The van der Waals surface area contributed by atoms with Crippen LogP contribution in [-0.4, -0.2) is 9.55 Å². The molecule has 1 atom stereocenters. The molecular formula is C18H17ClN2OS. The van der Waals surface area contributed by atoms with E-state index in [4.69, 9.17) is 11.6 Å². The van der Waals surface area contributed by atoms with Crippen molar-refractivity contribution in [3.8, 4) is 0 Å². The maximum absolute atomic E-state index is 13.0. The third-order valence-electron chi connectivity index (χ3n) is 4.57. The maximum atomic E-state index is 13.0. The highest BCUT2D eigenvalue weighted by Gasteiger charge is 2.24. The van der Waals surface area contributed by atoms with Gasteiger partial charge >= 0.3 is 0 Å². The number of benzene rings is 1. The summed E-state index contributed by atoms with van der Waals surface area (Å²) in [5.74, 6) is 0.448. The first-order valence-corrected chi connectivity index (χ1v) is 9.08. The zero-order chi connectivity index (χ0) is 16.0. The predicted molar refractivity (Wildman–Crippen MR) is 95.8 cm³/mol. The number of hydrogen-bond donors (Lipinski definition) is 0. The molecule has 2 heterocycles. The number of hydrogen-bond acceptors (Lipinski definition) is 3. The second-order valence-electron chi connectivity index (χ2n) is 6.22. The van der Waals surface area contributed by atoms with Gasteiger partial charge in [-0.1, -0.05) is 30.7 Å². The monoisotopic (exact) mass is 344 g/mol. The number of aryl methyl sites for hydroxylation is 1. The van der Waals surface area contributed by atoms with Crippen LogP contribution in [0.1, 0.15) is 41.7 Å². The summed E-state index contributed by atoms with van der Waals surface area (Å²) in [5.41, 5.74) is 2.33. The van der Waals surface area contributed by atoms with E-state index in [2.05, 4.69) is 11.9 Å². The first-order valence-electron chi connectivity index (χ1n) is 7.88. The van der Waals surface area contributed by atoms with Gasteiger partial charge in [0.15, 0.2) is 0 Å². The van der Waals surface area contributed by atoms with Crippen LogP contribution in [-0.2, 0) is 13.0 Å². The Hall–Kier alpha value is -1.65. The minimum absolute atomic E-state index is 0.0706. The fraction of sp³-hybridized carbons (Fsp3) is 0.333. The van der Waals surface area contributed by atoms with E-state index >= 15 is 0 Å². The van der Waals surface area contributed by atoms with Gasteiger partial charge in [0, 0.05) is 9.90 Å².